The maximum atomic E-state index is 12.8. The molecule has 0 aliphatic carbocycles. The smallest absolute Gasteiger partial charge is 0.416 e. The third-order valence-corrected chi connectivity index (χ3v) is 3.25. The van der Waals surface area contributed by atoms with Gasteiger partial charge in [0.1, 0.15) is 5.75 Å². The lowest BCUT2D eigenvalue weighted by atomic mass is 10.0. The molecule has 23 heavy (non-hydrogen) atoms. The van der Waals surface area contributed by atoms with Crippen LogP contribution in [0.25, 0.3) is 11.1 Å². The zero-order valence-electron chi connectivity index (χ0n) is 12.5. The van der Waals surface area contributed by atoms with Crippen LogP contribution in [0.5, 0.6) is 5.75 Å². The number of carbonyl (C=O) groups is 1. The zero-order valence-corrected chi connectivity index (χ0v) is 12.5. The summed E-state index contributed by atoms with van der Waals surface area (Å²) in [5.41, 5.74) is -1.30. The van der Waals surface area contributed by atoms with Gasteiger partial charge in [0, 0.05) is 0 Å². The van der Waals surface area contributed by atoms with Gasteiger partial charge in [-0.05, 0) is 49.2 Å². The number of rotatable bonds is 4. The highest BCUT2D eigenvalue weighted by Gasteiger charge is 2.31. The van der Waals surface area contributed by atoms with Crippen LogP contribution in [0.3, 0.4) is 0 Å². The van der Waals surface area contributed by atoms with Crippen molar-refractivity contribution in [2.45, 2.75) is 25.6 Å². The monoisotopic (exact) mass is 324 g/mol. The minimum atomic E-state index is -4.42. The molecule has 2 aromatic carbocycles. The molecule has 2 aromatic rings. The molecule has 1 N–H and O–H groups in total. The third kappa shape index (κ3) is 4.03. The number of ether oxygens (including phenoxy) is 1. The van der Waals surface area contributed by atoms with E-state index in [1.807, 2.05) is 0 Å². The van der Waals surface area contributed by atoms with Crippen LogP contribution in [0.4, 0.5) is 13.2 Å². The Morgan fingerprint density at radius 3 is 2.13 bits per heavy atom. The maximum Gasteiger partial charge on any atom is 0.416 e. The fourth-order valence-electron chi connectivity index (χ4n) is 1.95. The highest BCUT2D eigenvalue weighted by Crippen LogP contribution is 2.33. The van der Waals surface area contributed by atoms with Crippen LogP contribution in [0.1, 0.15) is 19.4 Å². The molecule has 0 radical (unpaired) electrons. The molecule has 2 rings (SSSR count). The number of hydrogen-bond donors (Lipinski definition) is 1. The molecular weight excluding hydrogens is 309 g/mol. The highest BCUT2D eigenvalue weighted by atomic mass is 19.4. The molecule has 0 amide bonds. The molecule has 0 bridgehead atoms. The van der Waals surface area contributed by atoms with Gasteiger partial charge >= 0.3 is 12.1 Å². The van der Waals surface area contributed by atoms with Crippen LogP contribution < -0.4 is 4.74 Å². The molecule has 0 saturated carbocycles. The Labute approximate surface area is 131 Å². The Hall–Kier alpha value is -2.50. The maximum absolute atomic E-state index is 12.8. The average molecular weight is 324 g/mol. The van der Waals surface area contributed by atoms with Gasteiger partial charge in [-0.25, -0.2) is 4.79 Å². The van der Waals surface area contributed by atoms with E-state index in [0.717, 1.165) is 12.1 Å². The molecule has 0 heterocycles. The van der Waals surface area contributed by atoms with E-state index in [1.54, 1.807) is 24.3 Å². The van der Waals surface area contributed by atoms with Gasteiger partial charge in [0.2, 0.25) is 0 Å². The summed E-state index contributed by atoms with van der Waals surface area (Å²) in [5.74, 6) is -0.866. The van der Waals surface area contributed by atoms with Crippen molar-refractivity contribution in [1.82, 2.24) is 0 Å². The first-order chi connectivity index (χ1) is 10.6. The Balaban J connectivity index is 2.36. The molecule has 0 spiro atoms. The Morgan fingerprint density at radius 2 is 1.57 bits per heavy atom. The molecule has 0 atom stereocenters. The summed E-state index contributed by atoms with van der Waals surface area (Å²) in [5, 5.41) is 9.06. The number of alkyl halides is 3. The van der Waals surface area contributed by atoms with Crippen LogP contribution in [0.15, 0.2) is 48.5 Å². The summed E-state index contributed by atoms with van der Waals surface area (Å²) < 4.78 is 43.8. The quantitative estimate of drug-likeness (QED) is 0.893. The van der Waals surface area contributed by atoms with Crippen molar-refractivity contribution in [2.75, 3.05) is 0 Å². The van der Waals surface area contributed by atoms with Gasteiger partial charge in [0.25, 0.3) is 0 Å². The van der Waals surface area contributed by atoms with E-state index in [1.165, 1.54) is 26.0 Å². The molecule has 122 valence electrons. The molecule has 0 saturated heterocycles. The predicted molar refractivity (Wildman–Crippen MR) is 79.2 cm³/mol. The second-order valence-corrected chi connectivity index (χ2v) is 5.52. The van der Waals surface area contributed by atoms with Gasteiger partial charge in [-0.2, -0.15) is 13.2 Å². The molecule has 0 aromatic heterocycles. The van der Waals surface area contributed by atoms with Crippen molar-refractivity contribution in [3.8, 4) is 16.9 Å². The first-order valence-corrected chi connectivity index (χ1v) is 6.80. The summed E-state index contributed by atoms with van der Waals surface area (Å²) in [7, 11) is 0. The van der Waals surface area contributed by atoms with Gasteiger partial charge in [0.05, 0.1) is 5.56 Å². The van der Waals surface area contributed by atoms with Crippen molar-refractivity contribution in [1.29, 1.82) is 0 Å². The van der Waals surface area contributed by atoms with Crippen LogP contribution in [-0.4, -0.2) is 16.7 Å². The van der Waals surface area contributed by atoms with E-state index in [-0.39, 0.29) is 5.75 Å². The minimum absolute atomic E-state index is 0.271. The lowest BCUT2D eigenvalue weighted by molar-refractivity contribution is -0.152. The number of carboxylic acid groups (broad SMARTS) is 1. The number of hydrogen-bond acceptors (Lipinski definition) is 2. The van der Waals surface area contributed by atoms with E-state index in [4.69, 9.17) is 9.84 Å². The number of carboxylic acids is 1. The SMILES string of the molecule is CC(C)(Oc1cccc(-c2cccc(C(F)(F)F)c2)c1)C(=O)O. The molecule has 3 nitrogen and oxygen atoms in total. The van der Waals surface area contributed by atoms with Crippen molar-refractivity contribution < 1.29 is 27.8 Å². The Bertz CT molecular complexity index is 721. The van der Waals surface area contributed by atoms with Gasteiger partial charge in [0.15, 0.2) is 5.60 Å². The average Bonchev–Trinajstić information content (AvgIpc) is 2.46. The van der Waals surface area contributed by atoms with E-state index in [2.05, 4.69) is 0 Å². The second-order valence-electron chi connectivity index (χ2n) is 5.52. The van der Waals surface area contributed by atoms with Gasteiger partial charge in [-0.1, -0.05) is 24.3 Å². The summed E-state index contributed by atoms with van der Waals surface area (Å²) >= 11 is 0. The summed E-state index contributed by atoms with van der Waals surface area (Å²) in [6.07, 6.45) is -4.42. The van der Waals surface area contributed by atoms with E-state index in [9.17, 15) is 18.0 Å². The topological polar surface area (TPSA) is 46.5 Å². The molecule has 0 unspecified atom stereocenters. The van der Waals surface area contributed by atoms with Crippen LogP contribution in [-0.2, 0) is 11.0 Å². The second kappa shape index (κ2) is 5.95. The van der Waals surface area contributed by atoms with Gasteiger partial charge in [-0.3, -0.25) is 0 Å². The standard InChI is InChI=1S/C17H15F3O3/c1-16(2,15(21)22)23-14-8-4-6-12(10-14)11-5-3-7-13(9-11)17(18,19)20/h3-10H,1-2H3,(H,21,22). The molecule has 0 fully saturated rings. The Kier molecular flexibility index (Phi) is 4.36. The molecule has 0 aliphatic heterocycles. The van der Waals surface area contributed by atoms with Crippen molar-refractivity contribution in [3.63, 3.8) is 0 Å². The van der Waals surface area contributed by atoms with Crippen molar-refractivity contribution >= 4 is 5.97 Å². The summed E-state index contributed by atoms with van der Waals surface area (Å²) in [6.45, 7) is 2.79. The van der Waals surface area contributed by atoms with Gasteiger partial charge in [-0.15, -0.1) is 0 Å². The third-order valence-electron chi connectivity index (χ3n) is 3.25. The minimum Gasteiger partial charge on any atom is -0.478 e. The van der Waals surface area contributed by atoms with Crippen LogP contribution in [0.2, 0.25) is 0 Å². The summed E-state index contributed by atoms with van der Waals surface area (Å²) in [6, 6.07) is 11.2. The lowest BCUT2D eigenvalue weighted by Crippen LogP contribution is -2.37. The fourth-order valence-corrected chi connectivity index (χ4v) is 1.95. The zero-order chi connectivity index (χ0) is 17.3. The number of aliphatic carboxylic acids is 1. The number of benzene rings is 2. The Morgan fingerprint density at radius 1 is 1.00 bits per heavy atom. The van der Waals surface area contributed by atoms with Gasteiger partial charge < -0.3 is 9.84 Å². The normalized spacial score (nSPS) is 12.0. The first-order valence-electron chi connectivity index (χ1n) is 6.80. The number of halogens is 3. The van der Waals surface area contributed by atoms with Crippen molar-refractivity contribution in [2.24, 2.45) is 0 Å². The predicted octanol–water partition coefficient (Wildman–Crippen LogP) is 4.61. The van der Waals surface area contributed by atoms with E-state index >= 15 is 0 Å². The van der Waals surface area contributed by atoms with Crippen LogP contribution in [0, 0.1) is 0 Å². The van der Waals surface area contributed by atoms with E-state index < -0.39 is 23.3 Å². The first kappa shape index (κ1) is 16.9. The highest BCUT2D eigenvalue weighted by molar-refractivity contribution is 5.77. The fraction of sp³-hybridized carbons (Fsp3) is 0.235. The summed E-state index contributed by atoms with van der Waals surface area (Å²) in [4.78, 5) is 11.1. The lowest BCUT2D eigenvalue weighted by Gasteiger charge is -2.21. The largest absolute Gasteiger partial charge is 0.478 e. The molecule has 0 aliphatic rings. The van der Waals surface area contributed by atoms with Crippen molar-refractivity contribution in [3.05, 3.63) is 54.1 Å². The molecular formula is C17H15F3O3. The van der Waals surface area contributed by atoms with E-state index in [0.29, 0.717) is 11.1 Å². The molecule has 6 heteroatoms. The van der Waals surface area contributed by atoms with Crippen LogP contribution >= 0.6 is 0 Å².